The summed E-state index contributed by atoms with van der Waals surface area (Å²) < 4.78 is 5.80. The van der Waals surface area contributed by atoms with Gasteiger partial charge < -0.3 is 20.3 Å². The number of nitrogens with zero attached hydrogens (tertiary/aromatic N) is 2. The smallest absolute Gasteiger partial charge is 0.251 e. The summed E-state index contributed by atoms with van der Waals surface area (Å²) >= 11 is 0. The van der Waals surface area contributed by atoms with Gasteiger partial charge in [-0.3, -0.25) is 4.79 Å². The van der Waals surface area contributed by atoms with E-state index >= 15 is 0 Å². The third-order valence-electron chi connectivity index (χ3n) is 4.24. The van der Waals surface area contributed by atoms with Crippen molar-refractivity contribution in [2.45, 2.75) is 6.61 Å². The van der Waals surface area contributed by atoms with E-state index in [9.17, 15) is 4.79 Å². The van der Waals surface area contributed by atoms with Gasteiger partial charge in [0.15, 0.2) is 0 Å². The number of aromatic nitrogens is 1. The number of benzene rings is 2. The molecule has 0 bridgehead atoms. The van der Waals surface area contributed by atoms with Crippen molar-refractivity contribution >= 4 is 17.4 Å². The molecule has 6 nitrogen and oxygen atoms in total. The fourth-order valence-corrected chi connectivity index (χ4v) is 2.66. The summed E-state index contributed by atoms with van der Waals surface area (Å²) in [7, 11) is 3.94. The van der Waals surface area contributed by atoms with Crippen LogP contribution in [0.25, 0.3) is 0 Å². The van der Waals surface area contributed by atoms with Crippen LogP contribution in [0.4, 0.5) is 11.5 Å². The van der Waals surface area contributed by atoms with Crippen LogP contribution in [-0.2, 0) is 6.61 Å². The first-order valence-corrected chi connectivity index (χ1v) is 9.53. The SMILES string of the molecule is CN(C)CCNC(=O)c1ccnc(Nc2ccc(OCc3ccccc3)cc2)c1. The van der Waals surface area contributed by atoms with Gasteiger partial charge in [-0.15, -0.1) is 0 Å². The number of nitrogens with one attached hydrogen (secondary N) is 2. The maximum atomic E-state index is 12.3. The van der Waals surface area contributed by atoms with Crippen LogP contribution in [0.5, 0.6) is 5.75 Å². The van der Waals surface area contributed by atoms with Crippen LogP contribution < -0.4 is 15.4 Å². The van der Waals surface area contributed by atoms with Gasteiger partial charge in [0.2, 0.25) is 0 Å². The topological polar surface area (TPSA) is 66.5 Å². The summed E-state index contributed by atoms with van der Waals surface area (Å²) in [4.78, 5) is 18.6. The molecule has 0 saturated carbocycles. The minimum absolute atomic E-state index is 0.109. The number of hydrogen-bond donors (Lipinski definition) is 2. The van der Waals surface area contributed by atoms with Crippen LogP contribution >= 0.6 is 0 Å². The van der Waals surface area contributed by atoms with Crippen LogP contribution in [0.3, 0.4) is 0 Å². The zero-order chi connectivity index (χ0) is 20.5. The summed E-state index contributed by atoms with van der Waals surface area (Å²) in [6.45, 7) is 1.92. The highest BCUT2D eigenvalue weighted by molar-refractivity contribution is 5.94. The number of rotatable bonds is 9. The van der Waals surface area contributed by atoms with Gasteiger partial charge in [0.05, 0.1) is 0 Å². The first-order chi connectivity index (χ1) is 14.1. The molecule has 0 aliphatic carbocycles. The molecule has 0 unspecified atom stereocenters. The zero-order valence-corrected chi connectivity index (χ0v) is 16.8. The van der Waals surface area contributed by atoms with Gasteiger partial charge in [-0.05, 0) is 56.1 Å². The number of carbonyl (C=O) groups excluding carboxylic acids is 1. The Morgan fingerprint density at radius 2 is 1.79 bits per heavy atom. The fraction of sp³-hybridized carbons (Fsp3) is 0.217. The van der Waals surface area contributed by atoms with Crippen molar-refractivity contribution in [3.8, 4) is 5.75 Å². The Labute approximate surface area is 171 Å². The van der Waals surface area contributed by atoms with E-state index in [0.717, 1.165) is 23.5 Å². The van der Waals surface area contributed by atoms with Crippen LogP contribution in [0.1, 0.15) is 15.9 Å². The summed E-state index contributed by atoms with van der Waals surface area (Å²) in [5.41, 5.74) is 2.57. The van der Waals surface area contributed by atoms with Crippen molar-refractivity contribution in [2.24, 2.45) is 0 Å². The number of pyridine rings is 1. The fourth-order valence-electron chi connectivity index (χ4n) is 2.66. The Kier molecular flexibility index (Phi) is 7.19. The lowest BCUT2D eigenvalue weighted by Gasteiger charge is -2.11. The van der Waals surface area contributed by atoms with E-state index in [-0.39, 0.29) is 5.91 Å². The molecule has 2 aromatic carbocycles. The predicted octanol–water partition coefficient (Wildman–Crippen LogP) is 3.70. The average Bonchev–Trinajstić information content (AvgIpc) is 2.74. The maximum Gasteiger partial charge on any atom is 0.251 e. The lowest BCUT2D eigenvalue weighted by Crippen LogP contribution is -2.31. The molecule has 0 aliphatic heterocycles. The third-order valence-corrected chi connectivity index (χ3v) is 4.24. The lowest BCUT2D eigenvalue weighted by molar-refractivity contribution is 0.0951. The minimum atomic E-state index is -0.109. The van der Waals surface area contributed by atoms with Gasteiger partial charge in [-0.25, -0.2) is 4.98 Å². The normalized spacial score (nSPS) is 10.6. The van der Waals surface area contributed by atoms with Crippen LogP contribution in [0.2, 0.25) is 0 Å². The Morgan fingerprint density at radius 1 is 1.03 bits per heavy atom. The second-order valence-electron chi connectivity index (χ2n) is 6.91. The summed E-state index contributed by atoms with van der Waals surface area (Å²) in [5.74, 6) is 1.30. The second kappa shape index (κ2) is 10.2. The zero-order valence-electron chi connectivity index (χ0n) is 16.8. The van der Waals surface area contributed by atoms with Gasteiger partial charge in [0.25, 0.3) is 5.91 Å². The highest BCUT2D eigenvalue weighted by Gasteiger charge is 2.07. The standard InChI is InChI=1S/C23H26N4O2/c1-27(2)15-14-25-23(28)19-12-13-24-22(16-19)26-20-8-10-21(11-9-20)29-17-18-6-4-3-5-7-18/h3-13,16H,14-15,17H2,1-2H3,(H,24,26)(H,25,28). The molecule has 0 aliphatic rings. The van der Waals surface area contributed by atoms with Gasteiger partial charge in [0.1, 0.15) is 18.2 Å². The summed E-state index contributed by atoms with van der Waals surface area (Å²) in [6, 6.07) is 21.1. The van der Waals surface area contributed by atoms with E-state index in [0.29, 0.717) is 24.5 Å². The Bertz CT molecular complexity index is 912. The molecule has 0 spiro atoms. The molecule has 3 aromatic rings. The first-order valence-electron chi connectivity index (χ1n) is 9.53. The summed E-state index contributed by atoms with van der Waals surface area (Å²) in [5, 5.41) is 6.12. The van der Waals surface area contributed by atoms with Gasteiger partial charge in [-0.2, -0.15) is 0 Å². The molecule has 0 fully saturated rings. The molecular formula is C23H26N4O2. The predicted molar refractivity (Wildman–Crippen MR) is 116 cm³/mol. The molecule has 0 radical (unpaired) electrons. The molecule has 29 heavy (non-hydrogen) atoms. The highest BCUT2D eigenvalue weighted by atomic mass is 16.5. The summed E-state index contributed by atoms with van der Waals surface area (Å²) in [6.07, 6.45) is 1.63. The van der Waals surface area contributed by atoms with E-state index < -0.39 is 0 Å². The molecular weight excluding hydrogens is 364 g/mol. The van der Waals surface area contributed by atoms with E-state index in [2.05, 4.69) is 15.6 Å². The van der Waals surface area contributed by atoms with Crippen molar-refractivity contribution in [1.29, 1.82) is 0 Å². The van der Waals surface area contributed by atoms with E-state index in [4.69, 9.17) is 4.74 Å². The van der Waals surface area contributed by atoms with Crippen LogP contribution in [0, 0.1) is 0 Å². The van der Waals surface area contributed by atoms with Crippen molar-refractivity contribution in [3.63, 3.8) is 0 Å². The lowest BCUT2D eigenvalue weighted by atomic mass is 10.2. The van der Waals surface area contributed by atoms with E-state index in [1.807, 2.05) is 73.6 Å². The number of anilines is 2. The highest BCUT2D eigenvalue weighted by Crippen LogP contribution is 2.20. The Morgan fingerprint density at radius 3 is 2.52 bits per heavy atom. The average molecular weight is 390 g/mol. The number of ether oxygens (including phenoxy) is 1. The molecule has 6 heteroatoms. The molecule has 2 N–H and O–H groups in total. The molecule has 0 atom stereocenters. The van der Waals surface area contributed by atoms with Crippen molar-refractivity contribution in [3.05, 3.63) is 84.1 Å². The maximum absolute atomic E-state index is 12.3. The molecule has 0 saturated heterocycles. The van der Waals surface area contributed by atoms with Gasteiger partial charge in [-0.1, -0.05) is 30.3 Å². The number of amides is 1. The van der Waals surface area contributed by atoms with E-state index in [1.54, 1.807) is 18.3 Å². The third kappa shape index (κ3) is 6.62. The Balaban J connectivity index is 1.55. The number of hydrogen-bond acceptors (Lipinski definition) is 5. The minimum Gasteiger partial charge on any atom is -0.489 e. The molecule has 1 heterocycles. The van der Waals surface area contributed by atoms with Crippen molar-refractivity contribution in [1.82, 2.24) is 15.2 Å². The molecule has 1 amide bonds. The van der Waals surface area contributed by atoms with Crippen LogP contribution in [0.15, 0.2) is 72.9 Å². The number of carbonyl (C=O) groups is 1. The monoisotopic (exact) mass is 390 g/mol. The largest absolute Gasteiger partial charge is 0.489 e. The first kappa shape index (κ1) is 20.4. The molecule has 1 aromatic heterocycles. The van der Waals surface area contributed by atoms with Gasteiger partial charge in [0, 0.05) is 30.5 Å². The van der Waals surface area contributed by atoms with Crippen molar-refractivity contribution < 1.29 is 9.53 Å². The Hall–Kier alpha value is -3.38. The number of likely N-dealkylation sites (N-methyl/N-ethyl adjacent to an activating group) is 1. The van der Waals surface area contributed by atoms with Crippen molar-refractivity contribution in [2.75, 3.05) is 32.5 Å². The van der Waals surface area contributed by atoms with Gasteiger partial charge >= 0.3 is 0 Å². The molecule has 3 rings (SSSR count). The quantitative estimate of drug-likeness (QED) is 0.583. The van der Waals surface area contributed by atoms with E-state index in [1.165, 1.54) is 0 Å². The van der Waals surface area contributed by atoms with Crippen LogP contribution in [-0.4, -0.2) is 43.0 Å². The molecule has 150 valence electrons. The second-order valence-corrected chi connectivity index (χ2v) is 6.91.